The molecule has 1 N–H and O–H groups in total. The van der Waals surface area contributed by atoms with Gasteiger partial charge in [-0.2, -0.15) is 0 Å². The highest BCUT2D eigenvalue weighted by molar-refractivity contribution is 6.30. The maximum Gasteiger partial charge on any atom is 0.336 e. The number of ether oxygens (including phenoxy) is 2. The molecule has 1 atom stereocenters. The molecule has 0 aromatic heterocycles. The Balaban J connectivity index is 1.81. The lowest BCUT2D eigenvalue weighted by atomic mass is 9.68. The average Bonchev–Trinajstić information content (AvgIpc) is 2.77. The molecule has 0 unspecified atom stereocenters. The molecular formula is C30H34ClNO4. The van der Waals surface area contributed by atoms with Crippen molar-refractivity contribution in [2.24, 2.45) is 5.41 Å². The molecular weight excluding hydrogens is 474 g/mol. The first-order valence-electron chi connectivity index (χ1n) is 12.2. The highest BCUT2D eigenvalue weighted by atomic mass is 35.5. The van der Waals surface area contributed by atoms with E-state index < -0.39 is 11.9 Å². The Morgan fingerprint density at radius 3 is 2.44 bits per heavy atom. The Morgan fingerprint density at radius 1 is 1.06 bits per heavy atom. The van der Waals surface area contributed by atoms with E-state index in [4.69, 9.17) is 21.1 Å². The van der Waals surface area contributed by atoms with Gasteiger partial charge in [0.2, 0.25) is 0 Å². The molecule has 1 aliphatic heterocycles. The van der Waals surface area contributed by atoms with E-state index in [1.54, 1.807) is 0 Å². The van der Waals surface area contributed by atoms with Crippen molar-refractivity contribution in [2.75, 3.05) is 7.11 Å². The summed E-state index contributed by atoms with van der Waals surface area (Å²) in [6.07, 6.45) is 1.18. The van der Waals surface area contributed by atoms with Crippen LogP contribution in [0.4, 0.5) is 0 Å². The highest BCUT2D eigenvalue weighted by Gasteiger charge is 2.43. The van der Waals surface area contributed by atoms with Crippen molar-refractivity contribution in [1.29, 1.82) is 0 Å². The summed E-state index contributed by atoms with van der Waals surface area (Å²) in [5.74, 6) is -0.0802. The minimum Gasteiger partial charge on any atom is -0.489 e. The van der Waals surface area contributed by atoms with Crippen molar-refractivity contribution in [2.45, 2.75) is 66.9 Å². The van der Waals surface area contributed by atoms with Crippen molar-refractivity contribution in [1.82, 2.24) is 5.32 Å². The van der Waals surface area contributed by atoms with Crippen LogP contribution in [0.2, 0.25) is 5.02 Å². The molecule has 190 valence electrons. The zero-order valence-corrected chi connectivity index (χ0v) is 22.9. The van der Waals surface area contributed by atoms with Crippen LogP contribution in [0.5, 0.6) is 5.75 Å². The van der Waals surface area contributed by atoms with Gasteiger partial charge in [-0.1, -0.05) is 37.6 Å². The van der Waals surface area contributed by atoms with E-state index in [0.717, 1.165) is 51.4 Å². The van der Waals surface area contributed by atoms with Gasteiger partial charge in [-0.25, -0.2) is 4.79 Å². The highest BCUT2D eigenvalue weighted by Crippen LogP contribution is 2.47. The zero-order chi connectivity index (χ0) is 26.4. The second-order valence-corrected chi connectivity index (χ2v) is 11.2. The number of carbonyl (C=O) groups excluding carboxylic acids is 2. The Bertz CT molecular complexity index is 1320. The molecule has 6 heteroatoms. The molecule has 5 nitrogen and oxygen atoms in total. The smallest absolute Gasteiger partial charge is 0.336 e. The standard InChI is InChI=1S/C30H34ClNO4/c1-16-10-17(2)22(12-20(16)15-36-25-9-8-21(31)11-18(25)3)27-26(29(34)35-7)19(4)32-23-13-30(5,6)14-24(33)28(23)27/h8-12,27,32H,13-15H2,1-7H3/t27-/m0/s1. The van der Waals surface area contributed by atoms with Gasteiger partial charge in [0, 0.05) is 34.3 Å². The van der Waals surface area contributed by atoms with Gasteiger partial charge in [0.05, 0.1) is 12.7 Å². The second-order valence-electron chi connectivity index (χ2n) is 10.8. The third-order valence-electron chi connectivity index (χ3n) is 7.20. The van der Waals surface area contributed by atoms with Crippen LogP contribution in [0.1, 0.15) is 67.3 Å². The van der Waals surface area contributed by atoms with E-state index in [0.29, 0.717) is 29.2 Å². The first-order valence-corrected chi connectivity index (χ1v) is 12.6. The lowest BCUT2D eigenvalue weighted by Gasteiger charge is -2.39. The summed E-state index contributed by atoms with van der Waals surface area (Å²) >= 11 is 6.10. The van der Waals surface area contributed by atoms with Gasteiger partial charge in [-0.3, -0.25) is 4.79 Å². The molecule has 0 radical (unpaired) electrons. The van der Waals surface area contributed by atoms with Gasteiger partial charge < -0.3 is 14.8 Å². The molecule has 0 amide bonds. The number of Topliss-reactive ketones (excluding diaryl/α,β-unsaturated/α-hetero) is 1. The summed E-state index contributed by atoms with van der Waals surface area (Å²) < 4.78 is 11.3. The number of dihydropyridines is 1. The summed E-state index contributed by atoms with van der Waals surface area (Å²) in [6.45, 7) is 12.5. The van der Waals surface area contributed by atoms with Crippen LogP contribution < -0.4 is 10.1 Å². The van der Waals surface area contributed by atoms with E-state index in [1.165, 1.54) is 7.11 Å². The van der Waals surface area contributed by atoms with Gasteiger partial charge in [-0.15, -0.1) is 0 Å². The number of hydrogen-bond acceptors (Lipinski definition) is 5. The fourth-order valence-corrected chi connectivity index (χ4v) is 5.67. The topological polar surface area (TPSA) is 64.6 Å². The van der Waals surface area contributed by atoms with Crippen molar-refractivity contribution in [3.8, 4) is 5.75 Å². The van der Waals surface area contributed by atoms with Crippen molar-refractivity contribution in [3.05, 3.63) is 85.7 Å². The SMILES string of the molecule is COC(=O)C1=C(C)NC2=C(C(=O)CC(C)(C)C2)[C@H]1c1cc(COc2ccc(Cl)cc2C)c(C)cc1C. The Labute approximate surface area is 218 Å². The third kappa shape index (κ3) is 4.94. The molecule has 2 aromatic carbocycles. The van der Waals surface area contributed by atoms with Gasteiger partial charge in [0.1, 0.15) is 12.4 Å². The van der Waals surface area contributed by atoms with Crippen LogP contribution in [0, 0.1) is 26.2 Å². The number of rotatable bonds is 5. The van der Waals surface area contributed by atoms with Crippen LogP contribution >= 0.6 is 11.6 Å². The lowest BCUT2D eigenvalue weighted by molar-refractivity contribution is -0.136. The maximum absolute atomic E-state index is 13.5. The summed E-state index contributed by atoms with van der Waals surface area (Å²) in [6, 6.07) is 9.74. The normalized spacial score (nSPS) is 19.1. The molecule has 1 aliphatic carbocycles. The number of carbonyl (C=O) groups is 2. The molecule has 1 heterocycles. The number of benzene rings is 2. The van der Waals surface area contributed by atoms with E-state index in [1.807, 2.05) is 45.9 Å². The van der Waals surface area contributed by atoms with Crippen molar-refractivity contribution in [3.63, 3.8) is 0 Å². The molecule has 2 aliphatic rings. The molecule has 36 heavy (non-hydrogen) atoms. The molecule has 0 fully saturated rings. The van der Waals surface area contributed by atoms with E-state index in [2.05, 4.69) is 31.3 Å². The molecule has 4 rings (SSSR count). The predicted octanol–water partition coefficient (Wildman–Crippen LogP) is 6.62. The van der Waals surface area contributed by atoms with Crippen LogP contribution in [-0.4, -0.2) is 18.9 Å². The summed E-state index contributed by atoms with van der Waals surface area (Å²) in [7, 11) is 1.38. The van der Waals surface area contributed by atoms with Crippen molar-refractivity contribution < 1.29 is 19.1 Å². The van der Waals surface area contributed by atoms with Crippen LogP contribution in [0.15, 0.2) is 52.9 Å². The maximum atomic E-state index is 13.5. The van der Waals surface area contributed by atoms with Gasteiger partial charge in [0.25, 0.3) is 0 Å². The fraction of sp³-hybridized carbons (Fsp3) is 0.400. The molecule has 2 aromatic rings. The number of nitrogens with one attached hydrogen (secondary N) is 1. The number of allylic oxidation sites excluding steroid dienone is 3. The van der Waals surface area contributed by atoms with Crippen LogP contribution in [0.3, 0.4) is 0 Å². The summed E-state index contributed by atoms with van der Waals surface area (Å²) in [5.41, 5.74) is 7.63. The minimum atomic E-state index is -0.492. The van der Waals surface area contributed by atoms with E-state index in [-0.39, 0.29) is 11.2 Å². The molecule has 0 spiro atoms. The number of esters is 1. The zero-order valence-electron chi connectivity index (χ0n) is 22.1. The average molecular weight is 508 g/mol. The molecule has 0 saturated heterocycles. The first-order chi connectivity index (χ1) is 16.9. The number of halogens is 1. The number of ketones is 1. The summed E-state index contributed by atoms with van der Waals surface area (Å²) in [4.78, 5) is 26.5. The number of methoxy groups -OCH3 is 1. The quantitative estimate of drug-likeness (QED) is 0.460. The minimum absolute atomic E-state index is 0.0715. The largest absolute Gasteiger partial charge is 0.489 e. The lowest BCUT2D eigenvalue weighted by Crippen LogP contribution is -2.38. The van der Waals surface area contributed by atoms with E-state index >= 15 is 0 Å². The number of aryl methyl sites for hydroxylation is 3. The van der Waals surface area contributed by atoms with Gasteiger partial charge in [0.15, 0.2) is 5.78 Å². The second kappa shape index (κ2) is 9.78. The molecule has 0 bridgehead atoms. The van der Waals surface area contributed by atoms with Gasteiger partial charge in [-0.05, 0) is 85.5 Å². The molecule has 0 saturated carbocycles. The monoisotopic (exact) mass is 507 g/mol. The van der Waals surface area contributed by atoms with Gasteiger partial charge >= 0.3 is 5.97 Å². The van der Waals surface area contributed by atoms with Crippen LogP contribution in [-0.2, 0) is 20.9 Å². The van der Waals surface area contributed by atoms with E-state index in [9.17, 15) is 9.59 Å². The third-order valence-corrected chi connectivity index (χ3v) is 7.44. The Morgan fingerprint density at radius 2 is 1.78 bits per heavy atom. The Hall–Kier alpha value is -3.05. The first kappa shape index (κ1) is 26.0. The Kier molecular flexibility index (Phi) is 7.07. The summed E-state index contributed by atoms with van der Waals surface area (Å²) in [5, 5.41) is 4.04. The predicted molar refractivity (Wildman–Crippen MR) is 142 cm³/mol. The fourth-order valence-electron chi connectivity index (χ4n) is 5.44. The number of hydrogen-bond donors (Lipinski definition) is 1. The van der Waals surface area contributed by atoms with Crippen LogP contribution in [0.25, 0.3) is 0 Å². The van der Waals surface area contributed by atoms with Crippen molar-refractivity contribution >= 4 is 23.4 Å².